The smallest absolute Gasteiger partial charge is 0.0702 e. The van der Waals surface area contributed by atoms with Crippen molar-refractivity contribution in [2.75, 3.05) is 13.1 Å². The number of aromatic nitrogens is 3. The van der Waals surface area contributed by atoms with Crippen LogP contribution in [0.1, 0.15) is 35.7 Å². The van der Waals surface area contributed by atoms with E-state index in [0.717, 1.165) is 38.4 Å². The van der Waals surface area contributed by atoms with Crippen LogP contribution in [0.25, 0.3) is 11.3 Å². The second-order valence-electron chi connectivity index (χ2n) is 7.59. The normalized spacial score (nSPS) is 17.9. The van der Waals surface area contributed by atoms with Crippen LogP contribution in [0.5, 0.6) is 0 Å². The van der Waals surface area contributed by atoms with Gasteiger partial charge in [0.1, 0.15) is 0 Å². The van der Waals surface area contributed by atoms with Crippen molar-refractivity contribution >= 4 is 0 Å². The number of benzene rings is 1. The van der Waals surface area contributed by atoms with Gasteiger partial charge in [0.25, 0.3) is 0 Å². The molecular weight excluding hydrogens is 334 g/mol. The van der Waals surface area contributed by atoms with E-state index in [9.17, 15) is 0 Å². The molecule has 1 saturated heterocycles. The third-order valence-electron chi connectivity index (χ3n) is 5.79. The molecule has 0 bridgehead atoms. The summed E-state index contributed by atoms with van der Waals surface area (Å²) in [6.45, 7) is 5.20. The third kappa shape index (κ3) is 3.40. The Hall–Kier alpha value is -2.50. The van der Waals surface area contributed by atoms with E-state index in [-0.39, 0.29) is 0 Å². The maximum absolute atomic E-state index is 4.67. The molecule has 0 radical (unpaired) electrons. The van der Waals surface area contributed by atoms with Crippen molar-refractivity contribution in [2.45, 2.75) is 38.5 Å². The molecule has 1 aromatic carbocycles. The summed E-state index contributed by atoms with van der Waals surface area (Å²) < 4.78 is 2.29. The first-order chi connectivity index (χ1) is 13.4. The molecular formula is C22H25N5. The first kappa shape index (κ1) is 16.7. The minimum Gasteiger partial charge on any atom is -0.307 e. The molecule has 5 heteroatoms. The molecule has 2 aliphatic heterocycles. The molecule has 0 amide bonds. The highest BCUT2D eigenvalue weighted by Crippen LogP contribution is 2.27. The summed E-state index contributed by atoms with van der Waals surface area (Å²) in [6.07, 6.45) is 6.25. The van der Waals surface area contributed by atoms with Gasteiger partial charge >= 0.3 is 0 Å². The van der Waals surface area contributed by atoms with Gasteiger partial charge in [-0.05, 0) is 36.6 Å². The first-order valence-electron chi connectivity index (χ1n) is 9.85. The molecule has 0 atom stereocenters. The van der Waals surface area contributed by atoms with E-state index in [0.29, 0.717) is 6.04 Å². The number of hydrogen-bond donors (Lipinski definition) is 1. The Bertz CT molecular complexity index is 909. The van der Waals surface area contributed by atoms with E-state index in [4.69, 9.17) is 0 Å². The van der Waals surface area contributed by atoms with Gasteiger partial charge in [-0.1, -0.05) is 24.3 Å². The Morgan fingerprint density at radius 3 is 2.81 bits per heavy atom. The predicted molar refractivity (Wildman–Crippen MR) is 106 cm³/mol. The minimum absolute atomic E-state index is 0.546. The van der Waals surface area contributed by atoms with Crippen LogP contribution in [0, 0.1) is 0 Å². The first-order valence-corrected chi connectivity index (χ1v) is 9.85. The molecule has 138 valence electrons. The number of fused-ring (bicyclic) bond motifs is 1. The van der Waals surface area contributed by atoms with Gasteiger partial charge in [-0.25, -0.2) is 0 Å². The van der Waals surface area contributed by atoms with Gasteiger partial charge in [-0.15, -0.1) is 0 Å². The lowest BCUT2D eigenvalue weighted by Gasteiger charge is -2.32. The molecule has 0 aliphatic carbocycles. The standard InChI is InChI=1S/C22H25N5/c1-2-9-24-21(6-1)18-5-3-4-17(12-18)16-26-10-7-20(8-11-26)27-22-15-23-13-19(22)14-25-27/h1-6,9,12,14,20,23H,7-8,10-11,13,15-16H2. The zero-order valence-corrected chi connectivity index (χ0v) is 15.5. The Kier molecular flexibility index (Phi) is 4.47. The van der Waals surface area contributed by atoms with Crippen LogP contribution >= 0.6 is 0 Å². The number of pyridine rings is 1. The van der Waals surface area contributed by atoms with E-state index in [1.807, 2.05) is 24.5 Å². The molecule has 2 aromatic heterocycles. The van der Waals surface area contributed by atoms with Crippen LogP contribution in [0.15, 0.2) is 54.9 Å². The van der Waals surface area contributed by atoms with E-state index < -0.39 is 0 Å². The fraction of sp³-hybridized carbons (Fsp3) is 0.364. The van der Waals surface area contributed by atoms with Gasteiger partial charge in [0.05, 0.1) is 23.6 Å². The average Bonchev–Trinajstić information content (AvgIpc) is 3.34. The van der Waals surface area contributed by atoms with Crippen LogP contribution in [-0.4, -0.2) is 32.8 Å². The van der Waals surface area contributed by atoms with Crippen molar-refractivity contribution in [3.63, 3.8) is 0 Å². The van der Waals surface area contributed by atoms with E-state index >= 15 is 0 Å². The van der Waals surface area contributed by atoms with Gasteiger partial charge in [0, 0.05) is 50.0 Å². The highest BCUT2D eigenvalue weighted by molar-refractivity contribution is 5.59. The largest absolute Gasteiger partial charge is 0.307 e. The SMILES string of the molecule is c1ccc(-c2cccc(CN3CCC(n4ncc5c4CNC5)CC3)c2)nc1. The van der Waals surface area contributed by atoms with E-state index in [1.165, 1.54) is 35.2 Å². The Labute approximate surface area is 160 Å². The summed E-state index contributed by atoms with van der Waals surface area (Å²) in [7, 11) is 0. The lowest BCUT2D eigenvalue weighted by atomic mass is 10.0. The summed E-state index contributed by atoms with van der Waals surface area (Å²) in [4.78, 5) is 7.04. The number of piperidine rings is 1. The Morgan fingerprint density at radius 1 is 1.04 bits per heavy atom. The summed E-state index contributed by atoms with van der Waals surface area (Å²) in [5.41, 5.74) is 6.38. The molecule has 3 aromatic rings. The fourth-order valence-corrected chi connectivity index (χ4v) is 4.34. The van der Waals surface area contributed by atoms with Gasteiger partial charge in [0.15, 0.2) is 0 Å². The van der Waals surface area contributed by atoms with Crippen molar-refractivity contribution in [2.24, 2.45) is 0 Å². The van der Waals surface area contributed by atoms with Gasteiger partial charge in [0.2, 0.25) is 0 Å². The molecule has 1 fully saturated rings. The lowest BCUT2D eigenvalue weighted by Crippen LogP contribution is -2.35. The van der Waals surface area contributed by atoms with Crippen molar-refractivity contribution in [1.29, 1.82) is 0 Å². The maximum atomic E-state index is 4.67. The van der Waals surface area contributed by atoms with Crippen molar-refractivity contribution in [1.82, 2.24) is 25.0 Å². The van der Waals surface area contributed by atoms with Crippen molar-refractivity contribution < 1.29 is 0 Å². The molecule has 2 aliphatic rings. The molecule has 0 saturated carbocycles. The number of likely N-dealkylation sites (tertiary alicyclic amines) is 1. The van der Waals surface area contributed by atoms with Gasteiger partial charge in [-0.2, -0.15) is 5.10 Å². The summed E-state index contributed by atoms with van der Waals surface area (Å²) in [5, 5.41) is 8.10. The molecule has 4 heterocycles. The van der Waals surface area contributed by atoms with Gasteiger partial charge in [-0.3, -0.25) is 14.6 Å². The number of rotatable bonds is 4. The van der Waals surface area contributed by atoms with E-state index in [2.05, 4.69) is 55.3 Å². The molecule has 5 rings (SSSR count). The Morgan fingerprint density at radius 2 is 1.96 bits per heavy atom. The number of nitrogens with one attached hydrogen (secondary N) is 1. The second-order valence-corrected chi connectivity index (χ2v) is 7.59. The van der Waals surface area contributed by atoms with Crippen LogP contribution in [0.4, 0.5) is 0 Å². The van der Waals surface area contributed by atoms with E-state index in [1.54, 1.807) is 0 Å². The molecule has 27 heavy (non-hydrogen) atoms. The Balaban J connectivity index is 1.23. The highest BCUT2D eigenvalue weighted by atomic mass is 15.3. The van der Waals surface area contributed by atoms with Crippen LogP contribution < -0.4 is 5.32 Å². The monoisotopic (exact) mass is 359 g/mol. The average molecular weight is 359 g/mol. The second kappa shape index (κ2) is 7.25. The number of hydrogen-bond acceptors (Lipinski definition) is 4. The number of nitrogens with zero attached hydrogens (tertiary/aromatic N) is 4. The summed E-state index contributed by atoms with van der Waals surface area (Å²) >= 11 is 0. The minimum atomic E-state index is 0.546. The molecule has 0 unspecified atom stereocenters. The van der Waals surface area contributed by atoms with Crippen molar-refractivity contribution in [3.8, 4) is 11.3 Å². The van der Waals surface area contributed by atoms with Crippen LogP contribution in [-0.2, 0) is 19.6 Å². The zero-order valence-electron chi connectivity index (χ0n) is 15.5. The topological polar surface area (TPSA) is 46.0 Å². The molecule has 5 nitrogen and oxygen atoms in total. The van der Waals surface area contributed by atoms with Crippen molar-refractivity contribution in [3.05, 3.63) is 71.7 Å². The third-order valence-corrected chi connectivity index (χ3v) is 5.79. The van der Waals surface area contributed by atoms with Crippen LogP contribution in [0.3, 0.4) is 0 Å². The maximum Gasteiger partial charge on any atom is 0.0702 e. The predicted octanol–water partition coefficient (Wildman–Crippen LogP) is 3.39. The highest BCUT2D eigenvalue weighted by Gasteiger charge is 2.25. The van der Waals surface area contributed by atoms with Gasteiger partial charge < -0.3 is 5.32 Å². The molecule has 0 spiro atoms. The summed E-state index contributed by atoms with van der Waals surface area (Å²) in [5.74, 6) is 0. The molecule has 1 N–H and O–H groups in total. The lowest BCUT2D eigenvalue weighted by molar-refractivity contribution is 0.171. The summed E-state index contributed by atoms with van der Waals surface area (Å²) in [6, 6.07) is 15.4. The quantitative estimate of drug-likeness (QED) is 0.776. The van der Waals surface area contributed by atoms with Crippen LogP contribution in [0.2, 0.25) is 0 Å². The zero-order chi connectivity index (χ0) is 18.1. The fourth-order valence-electron chi connectivity index (χ4n) is 4.34.